The molecule has 1 saturated carbocycles. The first-order valence-electron chi connectivity index (χ1n) is 6.81. The molecule has 17 heavy (non-hydrogen) atoms. The number of nitrogens with zero attached hydrogens (tertiary/aromatic N) is 1. The molecule has 0 unspecified atom stereocenters. The van der Waals surface area contributed by atoms with Crippen LogP contribution in [0.5, 0.6) is 0 Å². The molecule has 0 radical (unpaired) electrons. The normalized spacial score (nSPS) is 22.5. The van der Waals surface area contributed by atoms with Crippen LogP contribution in [0.3, 0.4) is 0 Å². The van der Waals surface area contributed by atoms with Gasteiger partial charge in [0.2, 0.25) is 0 Å². The van der Waals surface area contributed by atoms with Crippen molar-refractivity contribution in [2.75, 3.05) is 6.54 Å². The number of unbranched alkanes of at least 4 members (excludes halogenated alkanes) is 2. The molecule has 1 fully saturated rings. The lowest BCUT2D eigenvalue weighted by atomic mass is 9.89. The lowest BCUT2D eigenvalue weighted by molar-refractivity contribution is 0.498. The zero-order valence-corrected chi connectivity index (χ0v) is 11.9. The molecular weight excluding hydrogens is 230 g/mol. The molecule has 4 heteroatoms. The Morgan fingerprint density at radius 1 is 1.47 bits per heavy atom. The van der Waals surface area contributed by atoms with E-state index < -0.39 is 0 Å². The van der Waals surface area contributed by atoms with Gasteiger partial charge in [-0.3, -0.25) is 5.43 Å². The average Bonchev–Trinajstić information content (AvgIpc) is 2.32. The fourth-order valence-corrected chi connectivity index (χ4v) is 2.26. The topological polar surface area (TPSA) is 36.4 Å². The zero-order chi connectivity index (χ0) is 12.5. The van der Waals surface area contributed by atoms with Gasteiger partial charge in [0.15, 0.2) is 5.11 Å². The smallest absolute Gasteiger partial charge is 0.186 e. The van der Waals surface area contributed by atoms with Crippen molar-refractivity contribution in [1.29, 1.82) is 0 Å². The highest BCUT2D eigenvalue weighted by atomic mass is 32.1. The van der Waals surface area contributed by atoms with Crippen molar-refractivity contribution in [3.05, 3.63) is 0 Å². The van der Waals surface area contributed by atoms with Crippen LogP contribution in [0.25, 0.3) is 0 Å². The van der Waals surface area contributed by atoms with Crippen LogP contribution in [0.1, 0.15) is 58.8 Å². The van der Waals surface area contributed by atoms with Crippen LogP contribution >= 0.6 is 12.2 Å². The maximum absolute atomic E-state index is 5.17. The summed E-state index contributed by atoms with van der Waals surface area (Å²) in [4.78, 5) is 0. The van der Waals surface area contributed by atoms with E-state index in [4.69, 9.17) is 12.2 Å². The Hall–Kier alpha value is -0.640. The van der Waals surface area contributed by atoms with Crippen LogP contribution in [-0.2, 0) is 0 Å². The molecule has 1 aliphatic carbocycles. The SMILES string of the molecule is CCCCCNC(=S)N/N=C1/CCC[C@@H](C)C1. The van der Waals surface area contributed by atoms with Crippen LogP contribution in [-0.4, -0.2) is 17.4 Å². The van der Waals surface area contributed by atoms with Gasteiger partial charge < -0.3 is 5.32 Å². The molecule has 0 spiro atoms. The summed E-state index contributed by atoms with van der Waals surface area (Å²) in [5.41, 5.74) is 4.22. The molecular formula is C13H25N3S. The molecule has 98 valence electrons. The van der Waals surface area contributed by atoms with E-state index >= 15 is 0 Å². The third-order valence-corrected chi connectivity index (χ3v) is 3.36. The van der Waals surface area contributed by atoms with E-state index in [1.807, 2.05) is 0 Å². The zero-order valence-electron chi connectivity index (χ0n) is 11.1. The van der Waals surface area contributed by atoms with Crippen molar-refractivity contribution >= 4 is 23.0 Å². The monoisotopic (exact) mass is 255 g/mol. The van der Waals surface area contributed by atoms with Gasteiger partial charge in [-0.2, -0.15) is 5.10 Å². The Kier molecular flexibility index (Phi) is 7.17. The second-order valence-electron chi connectivity index (χ2n) is 4.95. The predicted octanol–water partition coefficient (Wildman–Crippen LogP) is 3.21. The summed E-state index contributed by atoms with van der Waals surface area (Å²) < 4.78 is 0. The van der Waals surface area contributed by atoms with Crippen molar-refractivity contribution < 1.29 is 0 Å². The summed E-state index contributed by atoms with van der Waals surface area (Å²) >= 11 is 5.17. The second-order valence-corrected chi connectivity index (χ2v) is 5.36. The van der Waals surface area contributed by atoms with Gasteiger partial charge in [0.05, 0.1) is 0 Å². The fraction of sp³-hybridized carbons (Fsp3) is 0.846. The summed E-state index contributed by atoms with van der Waals surface area (Å²) in [6, 6.07) is 0. The number of nitrogens with one attached hydrogen (secondary N) is 2. The minimum Gasteiger partial charge on any atom is -0.361 e. The van der Waals surface area contributed by atoms with Gasteiger partial charge >= 0.3 is 0 Å². The fourth-order valence-electron chi connectivity index (χ4n) is 2.11. The first-order valence-corrected chi connectivity index (χ1v) is 7.22. The van der Waals surface area contributed by atoms with Gasteiger partial charge in [-0.15, -0.1) is 0 Å². The van der Waals surface area contributed by atoms with Gasteiger partial charge in [-0.05, 0) is 50.2 Å². The molecule has 0 aromatic rings. The van der Waals surface area contributed by atoms with Crippen LogP contribution in [0.15, 0.2) is 5.10 Å². The van der Waals surface area contributed by atoms with Gasteiger partial charge in [0.1, 0.15) is 0 Å². The Morgan fingerprint density at radius 2 is 2.29 bits per heavy atom. The van der Waals surface area contributed by atoms with Gasteiger partial charge in [0.25, 0.3) is 0 Å². The van der Waals surface area contributed by atoms with Crippen LogP contribution in [0.2, 0.25) is 0 Å². The van der Waals surface area contributed by atoms with E-state index in [2.05, 4.69) is 29.7 Å². The number of hydrogen-bond acceptors (Lipinski definition) is 2. The molecule has 0 heterocycles. The first kappa shape index (κ1) is 14.4. The van der Waals surface area contributed by atoms with E-state index in [-0.39, 0.29) is 0 Å². The summed E-state index contributed by atoms with van der Waals surface area (Å²) in [6.45, 7) is 5.43. The maximum atomic E-state index is 5.17. The Morgan fingerprint density at radius 3 is 3.00 bits per heavy atom. The lowest BCUT2D eigenvalue weighted by Gasteiger charge is -2.19. The van der Waals surface area contributed by atoms with Crippen molar-refractivity contribution in [1.82, 2.24) is 10.7 Å². The quantitative estimate of drug-likeness (QED) is 0.450. The largest absolute Gasteiger partial charge is 0.361 e. The first-order chi connectivity index (χ1) is 8.22. The molecule has 1 aliphatic rings. The number of rotatable bonds is 5. The van der Waals surface area contributed by atoms with Crippen LogP contribution in [0.4, 0.5) is 0 Å². The number of thiocarbonyl (C=S) groups is 1. The highest BCUT2D eigenvalue weighted by Gasteiger charge is 2.13. The minimum absolute atomic E-state index is 0.659. The van der Waals surface area contributed by atoms with E-state index in [0.29, 0.717) is 5.11 Å². The minimum atomic E-state index is 0.659. The Labute approximate surface area is 110 Å². The molecule has 0 bridgehead atoms. The van der Waals surface area contributed by atoms with Crippen molar-refractivity contribution in [2.45, 2.75) is 58.8 Å². The van der Waals surface area contributed by atoms with E-state index in [9.17, 15) is 0 Å². The maximum Gasteiger partial charge on any atom is 0.186 e. The molecule has 3 nitrogen and oxygen atoms in total. The molecule has 1 rings (SSSR count). The molecule has 0 aromatic heterocycles. The van der Waals surface area contributed by atoms with Gasteiger partial charge in [0, 0.05) is 12.3 Å². The van der Waals surface area contributed by atoms with Crippen LogP contribution < -0.4 is 10.7 Å². The number of hydrogen-bond donors (Lipinski definition) is 2. The lowest BCUT2D eigenvalue weighted by Crippen LogP contribution is -2.33. The van der Waals surface area contributed by atoms with Gasteiger partial charge in [-0.25, -0.2) is 0 Å². The third kappa shape index (κ3) is 6.61. The van der Waals surface area contributed by atoms with E-state index in [1.54, 1.807) is 0 Å². The number of hydrazone groups is 1. The summed E-state index contributed by atoms with van der Waals surface area (Å²) in [5.74, 6) is 0.774. The standard InChI is InChI=1S/C13H25N3S/c1-3-4-5-9-14-13(17)16-15-12-8-6-7-11(2)10-12/h11H,3-10H2,1-2H3,(H2,14,16,17)/b15-12-/t11-/m1/s1. The molecule has 0 aromatic carbocycles. The highest BCUT2D eigenvalue weighted by Crippen LogP contribution is 2.20. The van der Waals surface area contributed by atoms with Gasteiger partial charge in [-0.1, -0.05) is 26.7 Å². The summed E-state index contributed by atoms with van der Waals surface area (Å²) in [6.07, 6.45) is 8.49. The van der Waals surface area contributed by atoms with Crippen LogP contribution in [0, 0.1) is 5.92 Å². The van der Waals surface area contributed by atoms with Crippen molar-refractivity contribution in [3.63, 3.8) is 0 Å². The molecule has 0 amide bonds. The molecule has 1 atom stereocenters. The average molecular weight is 255 g/mol. The Balaban J connectivity index is 2.15. The van der Waals surface area contributed by atoms with E-state index in [1.165, 1.54) is 37.8 Å². The highest BCUT2D eigenvalue weighted by molar-refractivity contribution is 7.80. The molecule has 2 N–H and O–H groups in total. The Bertz CT molecular complexity index is 263. The van der Waals surface area contributed by atoms with Crippen molar-refractivity contribution in [3.8, 4) is 0 Å². The molecule has 0 saturated heterocycles. The predicted molar refractivity (Wildman–Crippen MR) is 78.3 cm³/mol. The second kappa shape index (κ2) is 8.45. The van der Waals surface area contributed by atoms with E-state index in [0.717, 1.165) is 25.3 Å². The molecule has 0 aliphatic heterocycles. The summed E-state index contributed by atoms with van der Waals surface area (Å²) in [7, 11) is 0. The van der Waals surface area contributed by atoms with Crippen molar-refractivity contribution in [2.24, 2.45) is 11.0 Å². The third-order valence-electron chi connectivity index (χ3n) is 3.13. The summed E-state index contributed by atoms with van der Waals surface area (Å²) in [5, 5.41) is 8.24.